The van der Waals surface area contributed by atoms with Crippen LogP contribution < -0.4 is 9.47 Å². The fourth-order valence-corrected chi connectivity index (χ4v) is 3.30. The molecule has 170 valence electrons. The monoisotopic (exact) mass is 438 g/mol. The van der Waals surface area contributed by atoms with Crippen LogP contribution in [0.15, 0.2) is 48.7 Å². The van der Waals surface area contributed by atoms with E-state index in [4.69, 9.17) is 14.2 Å². The van der Waals surface area contributed by atoms with Gasteiger partial charge in [-0.1, -0.05) is 6.92 Å². The number of phenols is 1. The van der Waals surface area contributed by atoms with Gasteiger partial charge in [0.25, 0.3) is 0 Å². The van der Waals surface area contributed by atoms with Crippen LogP contribution in [0.2, 0.25) is 0 Å². The van der Waals surface area contributed by atoms with Crippen molar-refractivity contribution in [1.29, 1.82) is 0 Å². The van der Waals surface area contributed by atoms with Crippen molar-refractivity contribution >= 4 is 5.97 Å². The summed E-state index contributed by atoms with van der Waals surface area (Å²) in [6, 6.07) is 12.4. The van der Waals surface area contributed by atoms with E-state index in [-0.39, 0.29) is 11.7 Å². The first-order valence-electron chi connectivity index (χ1n) is 11.0. The molecular formula is C25H30N2O5. The Morgan fingerprint density at radius 2 is 1.75 bits per heavy atom. The van der Waals surface area contributed by atoms with E-state index in [1.165, 1.54) is 0 Å². The smallest absolute Gasteiger partial charge is 0.338 e. The highest BCUT2D eigenvalue weighted by Gasteiger charge is 2.12. The molecule has 7 nitrogen and oxygen atoms in total. The average molecular weight is 439 g/mol. The summed E-state index contributed by atoms with van der Waals surface area (Å²) in [5.74, 6) is 1.29. The second kappa shape index (κ2) is 11.8. The van der Waals surface area contributed by atoms with Crippen molar-refractivity contribution in [2.75, 3.05) is 19.8 Å². The Balaban J connectivity index is 1.38. The molecule has 0 saturated heterocycles. The lowest BCUT2D eigenvalue weighted by molar-refractivity contribution is 0.0526. The lowest BCUT2D eigenvalue weighted by Gasteiger charge is -2.13. The average Bonchev–Trinajstić information content (AvgIpc) is 3.34. The van der Waals surface area contributed by atoms with Crippen LogP contribution in [0.4, 0.5) is 0 Å². The van der Waals surface area contributed by atoms with Crippen LogP contribution >= 0.6 is 0 Å². The van der Waals surface area contributed by atoms with Gasteiger partial charge in [0.05, 0.1) is 31.1 Å². The van der Waals surface area contributed by atoms with E-state index in [1.807, 2.05) is 12.1 Å². The summed E-state index contributed by atoms with van der Waals surface area (Å²) in [6.07, 6.45) is 5.21. The lowest BCUT2D eigenvalue weighted by atomic mass is 10.0. The summed E-state index contributed by atoms with van der Waals surface area (Å²) < 4.78 is 16.6. The molecule has 0 amide bonds. The molecule has 0 saturated carbocycles. The van der Waals surface area contributed by atoms with E-state index in [9.17, 15) is 9.90 Å². The SMILES string of the molecule is CCOC(=O)c1ccc(OCCCCCOc2cc(O)c(-c3ccn[nH]3)cc2CC)cc1. The molecule has 0 radical (unpaired) electrons. The molecule has 3 aromatic rings. The van der Waals surface area contributed by atoms with Gasteiger partial charge in [0.2, 0.25) is 0 Å². The zero-order chi connectivity index (χ0) is 22.8. The number of nitrogens with one attached hydrogen (secondary N) is 1. The second-order valence-electron chi connectivity index (χ2n) is 7.30. The van der Waals surface area contributed by atoms with Crippen molar-refractivity contribution in [3.8, 4) is 28.5 Å². The highest BCUT2D eigenvalue weighted by molar-refractivity contribution is 5.89. The van der Waals surface area contributed by atoms with Crippen LogP contribution in [0.1, 0.15) is 49.0 Å². The van der Waals surface area contributed by atoms with E-state index in [1.54, 1.807) is 43.5 Å². The molecule has 0 bridgehead atoms. The quantitative estimate of drug-likeness (QED) is 0.300. The number of carbonyl (C=O) groups is 1. The van der Waals surface area contributed by atoms with E-state index >= 15 is 0 Å². The maximum absolute atomic E-state index is 11.7. The Morgan fingerprint density at radius 1 is 1.00 bits per heavy atom. The third-order valence-electron chi connectivity index (χ3n) is 5.03. The molecule has 7 heteroatoms. The molecule has 0 unspecified atom stereocenters. The number of benzene rings is 2. The Hall–Kier alpha value is -3.48. The highest BCUT2D eigenvalue weighted by Crippen LogP contribution is 2.34. The molecule has 1 aromatic heterocycles. The number of rotatable bonds is 12. The van der Waals surface area contributed by atoms with E-state index < -0.39 is 0 Å². The van der Waals surface area contributed by atoms with Crippen molar-refractivity contribution in [2.24, 2.45) is 0 Å². The minimum Gasteiger partial charge on any atom is -0.507 e. The van der Waals surface area contributed by atoms with Crippen molar-refractivity contribution in [1.82, 2.24) is 10.2 Å². The molecule has 0 spiro atoms. The number of phenolic OH excluding ortho intramolecular Hbond substituents is 1. The number of nitrogens with zero attached hydrogens (tertiary/aromatic N) is 1. The van der Waals surface area contributed by atoms with E-state index in [0.717, 1.165) is 48.3 Å². The Labute approximate surface area is 188 Å². The molecule has 2 aromatic carbocycles. The van der Waals surface area contributed by atoms with Gasteiger partial charge in [0, 0.05) is 17.8 Å². The topological polar surface area (TPSA) is 93.7 Å². The molecule has 0 aliphatic rings. The number of H-pyrrole nitrogens is 1. The number of esters is 1. The van der Waals surface area contributed by atoms with Gasteiger partial charge in [-0.15, -0.1) is 0 Å². The van der Waals surface area contributed by atoms with Crippen molar-refractivity contribution in [2.45, 2.75) is 39.5 Å². The van der Waals surface area contributed by atoms with Crippen molar-refractivity contribution in [3.05, 3.63) is 59.8 Å². The molecule has 32 heavy (non-hydrogen) atoms. The van der Waals surface area contributed by atoms with Gasteiger partial charge in [0.15, 0.2) is 0 Å². The summed E-state index contributed by atoms with van der Waals surface area (Å²) in [7, 11) is 0. The number of carbonyl (C=O) groups excluding carboxylic acids is 1. The van der Waals surface area contributed by atoms with Crippen LogP contribution in [0.5, 0.6) is 17.2 Å². The van der Waals surface area contributed by atoms with Gasteiger partial charge >= 0.3 is 5.97 Å². The number of aromatic hydroxyl groups is 1. The summed E-state index contributed by atoms with van der Waals surface area (Å²) in [5, 5.41) is 17.2. The minimum absolute atomic E-state index is 0.170. The predicted octanol–water partition coefficient (Wildman–Crippen LogP) is 5.15. The van der Waals surface area contributed by atoms with Crippen LogP contribution in [0.3, 0.4) is 0 Å². The van der Waals surface area contributed by atoms with E-state index in [2.05, 4.69) is 17.1 Å². The Morgan fingerprint density at radius 3 is 2.41 bits per heavy atom. The van der Waals surface area contributed by atoms with Gasteiger partial charge in [-0.25, -0.2) is 4.79 Å². The molecule has 1 heterocycles. The molecule has 2 N–H and O–H groups in total. The molecule has 0 fully saturated rings. The van der Waals surface area contributed by atoms with Crippen LogP contribution in [0, 0.1) is 0 Å². The molecular weight excluding hydrogens is 408 g/mol. The second-order valence-corrected chi connectivity index (χ2v) is 7.30. The van der Waals surface area contributed by atoms with Crippen LogP contribution in [-0.4, -0.2) is 41.1 Å². The first-order valence-corrected chi connectivity index (χ1v) is 11.0. The van der Waals surface area contributed by atoms with E-state index in [0.29, 0.717) is 31.1 Å². The number of aromatic amines is 1. The molecule has 0 aliphatic carbocycles. The van der Waals surface area contributed by atoms with Crippen LogP contribution in [-0.2, 0) is 11.2 Å². The summed E-state index contributed by atoms with van der Waals surface area (Å²) in [4.78, 5) is 11.7. The number of unbranched alkanes of at least 4 members (excludes halogenated alkanes) is 2. The summed E-state index contributed by atoms with van der Waals surface area (Å²) in [5.41, 5.74) is 3.06. The third kappa shape index (κ3) is 6.26. The molecule has 0 aliphatic heterocycles. The van der Waals surface area contributed by atoms with Gasteiger partial charge < -0.3 is 19.3 Å². The molecule has 3 rings (SSSR count). The lowest BCUT2D eigenvalue weighted by Crippen LogP contribution is -2.05. The standard InChI is InChI=1S/C25H30N2O5/c1-3-18-16-21(22-12-13-26-27-22)23(28)17-24(18)32-15-7-5-6-14-31-20-10-8-19(9-11-20)25(29)30-4-2/h8-13,16-17,28H,3-7,14-15H2,1-2H3,(H,26,27). The minimum atomic E-state index is -0.324. The first-order chi connectivity index (χ1) is 15.6. The number of hydrogen-bond donors (Lipinski definition) is 2. The fraction of sp³-hybridized carbons (Fsp3) is 0.360. The van der Waals surface area contributed by atoms with Gasteiger partial charge in [0.1, 0.15) is 17.2 Å². The maximum Gasteiger partial charge on any atom is 0.338 e. The Kier molecular flexibility index (Phi) is 8.54. The first kappa shape index (κ1) is 23.2. The van der Waals surface area contributed by atoms with Crippen molar-refractivity contribution < 1.29 is 24.1 Å². The summed E-state index contributed by atoms with van der Waals surface area (Å²) in [6.45, 7) is 5.37. The van der Waals surface area contributed by atoms with Crippen LogP contribution in [0.25, 0.3) is 11.3 Å². The number of aromatic nitrogens is 2. The fourth-order valence-electron chi connectivity index (χ4n) is 3.30. The normalized spacial score (nSPS) is 10.7. The number of hydrogen-bond acceptors (Lipinski definition) is 6. The zero-order valence-electron chi connectivity index (χ0n) is 18.6. The summed E-state index contributed by atoms with van der Waals surface area (Å²) >= 11 is 0. The van der Waals surface area contributed by atoms with Gasteiger partial charge in [-0.2, -0.15) is 5.10 Å². The number of ether oxygens (including phenoxy) is 3. The zero-order valence-corrected chi connectivity index (χ0v) is 18.6. The Bertz CT molecular complexity index is 984. The van der Waals surface area contributed by atoms with Crippen molar-refractivity contribution in [3.63, 3.8) is 0 Å². The number of aryl methyl sites for hydroxylation is 1. The van der Waals surface area contributed by atoms with Gasteiger partial charge in [-0.05, 0) is 74.6 Å². The maximum atomic E-state index is 11.7. The predicted molar refractivity (Wildman–Crippen MR) is 122 cm³/mol. The van der Waals surface area contributed by atoms with Gasteiger partial charge in [-0.3, -0.25) is 5.10 Å². The molecule has 0 atom stereocenters. The highest BCUT2D eigenvalue weighted by atomic mass is 16.5. The third-order valence-corrected chi connectivity index (χ3v) is 5.03. The largest absolute Gasteiger partial charge is 0.507 e.